The van der Waals surface area contributed by atoms with Gasteiger partial charge in [-0.2, -0.15) is 8.42 Å². The highest BCUT2D eigenvalue weighted by Crippen LogP contribution is 2.28. The average molecular weight is 251 g/mol. The fourth-order valence-corrected chi connectivity index (χ4v) is 3.40. The summed E-state index contributed by atoms with van der Waals surface area (Å²) >= 11 is 0. The van der Waals surface area contributed by atoms with Crippen molar-refractivity contribution in [3.05, 3.63) is 24.3 Å². The van der Waals surface area contributed by atoms with Crippen molar-refractivity contribution < 1.29 is 8.42 Å². The van der Waals surface area contributed by atoms with Crippen LogP contribution in [0, 0.1) is 5.92 Å². The van der Waals surface area contributed by atoms with Gasteiger partial charge in [-0.1, -0.05) is 12.1 Å². The molecule has 2 N–H and O–H groups in total. The minimum Gasteiger partial charge on any atom is -0.342 e. The zero-order chi connectivity index (χ0) is 11.9. The van der Waals surface area contributed by atoms with Crippen LogP contribution in [0.4, 0.5) is 5.69 Å². The van der Waals surface area contributed by atoms with E-state index in [1.165, 1.54) is 0 Å². The number of rotatable bonds is 1. The Labute approximate surface area is 100 Å². The Balaban J connectivity index is 2.04. The minimum atomic E-state index is -3.53. The van der Waals surface area contributed by atoms with E-state index in [1.54, 1.807) is 18.2 Å². The molecule has 0 spiro atoms. The Morgan fingerprint density at radius 3 is 2.88 bits per heavy atom. The summed E-state index contributed by atoms with van der Waals surface area (Å²) in [5.41, 5.74) is 0.629. The van der Waals surface area contributed by atoms with Gasteiger partial charge in [-0.25, -0.2) is 0 Å². The Kier molecular flexibility index (Phi) is 2.41. The quantitative estimate of drug-likeness (QED) is 0.775. The van der Waals surface area contributed by atoms with Crippen molar-refractivity contribution in [1.82, 2.24) is 5.32 Å². The van der Waals surface area contributed by atoms with Crippen LogP contribution in [-0.4, -0.2) is 27.3 Å². The van der Waals surface area contributed by atoms with Crippen LogP contribution in [0.1, 0.15) is 6.42 Å². The Morgan fingerprint density at radius 2 is 2.12 bits per heavy atom. The topological polar surface area (TPSA) is 70.6 Å². The summed E-state index contributed by atoms with van der Waals surface area (Å²) in [6.45, 7) is 1.69. The summed E-state index contributed by atoms with van der Waals surface area (Å²) in [6, 6.07) is 6.86. The molecule has 0 bridgehead atoms. The number of sulfonamides is 1. The second kappa shape index (κ2) is 3.82. The largest absolute Gasteiger partial charge is 0.342 e. The van der Waals surface area contributed by atoms with Crippen molar-refractivity contribution >= 4 is 21.5 Å². The number of nitrogens with one attached hydrogen (secondary N) is 2. The van der Waals surface area contributed by atoms with Gasteiger partial charge in [0.15, 0.2) is 0 Å². The molecule has 0 aromatic heterocycles. The zero-order valence-corrected chi connectivity index (χ0v) is 10.00. The van der Waals surface area contributed by atoms with Crippen LogP contribution in [0.3, 0.4) is 0 Å². The second-order valence-corrected chi connectivity index (χ2v) is 5.84. The van der Waals surface area contributed by atoms with Crippen LogP contribution in [0.5, 0.6) is 0 Å². The molecule has 2 aliphatic rings. The molecule has 1 saturated heterocycles. The van der Waals surface area contributed by atoms with Gasteiger partial charge in [-0.05, 0) is 25.1 Å². The molecule has 0 aliphatic carbocycles. The van der Waals surface area contributed by atoms with Gasteiger partial charge in [0.2, 0.25) is 0 Å². The maximum atomic E-state index is 12.0. The molecule has 17 heavy (non-hydrogen) atoms. The molecule has 90 valence electrons. The number of para-hydroxylation sites is 1. The van der Waals surface area contributed by atoms with Crippen LogP contribution in [0.2, 0.25) is 0 Å². The van der Waals surface area contributed by atoms with E-state index in [-0.39, 0.29) is 10.8 Å². The SMILES string of the molecule is O=S1(=O)N=C([C@H]2CCNC2)Nc2ccccc21. The normalized spacial score (nSPS) is 25.9. The maximum absolute atomic E-state index is 12.0. The molecule has 1 atom stereocenters. The molecular formula is C11H13N3O2S. The van der Waals surface area contributed by atoms with Gasteiger partial charge in [0.25, 0.3) is 10.0 Å². The van der Waals surface area contributed by atoms with Gasteiger partial charge in [0.1, 0.15) is 10.7 Å². The molecule has 2 heterocycles. The molecule has 0 unspecified atom stereocenters. The summed E-state index contributed by atoms with van der Waals surface area (Å²) in [6.07, 6.45) is 0.920. The summed E-state index contributed by atoms with van der Waals surface area (Å²) in [4.78, 5) is 0.259. The third-order valence-corrected chi connectivity index (χ3v) is 4.44. The van der Waals surface area contributed by atoms with E-state index in [1.807, 2.05) is 6.07 Å². The van der Waals surface area contributed by atoms with E-state index in [0.29, 0.717) is 11.5 Å². The first-order valence-corrected chi connectivity index (χ1v) is 7.02. The van der Waals surface area contributed by atoms with Gasteiger partial charge in [-0.3, -0.25) is 0 Å². The van der Waals surface area contributed by atoms with Crippen LogP contribution in [-0.2, 0) is 10.0 Å². The van der Waals surface area contributed by atoms with E-state index >= 15 is 0 Å². The lowest BCUT2D eigenvalue weighted by atomic mass is 10.1. The molecule has 5 nitrogen and oxygen atoms in total. The van der Waals surface area contributed by atoms with Gasteiger partial charge >= 0.3 is 0 Å². The smallest absolute Gasteiger partial charge is 0.286 e. The Hall–Kier alpha value is -1.40. The van der Waals surface area contributed by atoms with Crippen LogP contribution >= 0.6 is 0 Å². The molecule has 6 heteroatoms. The number of amidine groups is 1. The number of fused-ring (bicyclic) bond motifs is 1. The van der Waals surface area contributed by atoms with Gasteiger partial charge < -0.3 is 10.6 Å². The summed E-state index contributed by atoms with van der Waals surface area (Å²) in [5.74, 6) is 0.729. The number of hydrogen-bond acceptors (Lipinski definition) is 4. The lowest BCUT2D eigenvalue weighted by Gasteiger charge is -2.21. The number of benzene rings is 1. The van der Waals surface area contributed by atoms with E-state index in [4.69, 9.17) is 0 Å². The molecule has 0 saturated carbocycles. The van der Waals surface area contributed by atoms with Crippen molar-refractivity contribution in [2.75, 3.05) is 18.4 Å². The molecular weight excluding hydrogens is 238 g/mol. The van der Waals surface area contributed by atoms with E-state index in [2.05, 4.69) is 15.0 Å². The van der Waals surface area contributed by atoms with E-state index in [0.717, 1.165) is 19.5 Å². The molecule has 0 amide bonds. The van der Waals surface area contributed by atoms with Crippen LogP contribution in [0.15, 0.2) is 33.6 Å². The number of anilines is 1. The first-order valence-electron chi connectivity index (χ1n) is 5.58. The van der Waals surface area contributed by atoms with Crippen molar-refractivity contribution in [3.8, 4) is 0 Å². The van der Waals surface area contributed by atoms with Crippen molar-refractivity contribution in [1.29, 1.82) is 0 Å². The third kappa shape index (κ3) is 1.83. The zero-order valence-electron chi connectivity index (χ0n) is 9.18. The van der Waals surface area contributed by atoms with Crippen molar-refractivity contribution in [3.63, 3.8) is 0 Å². The predicted molar refractivity (Wildman–Crippen MR) is 65.7 cm³/mol. The lowest BCUT2D eigenvalue weighted by molar-refractivity contribution is 0.596. The Morgan fingerprint density at radius 1 is 1.29 bits per heavy atom. The maximum Gasteiger partial charge on any atom is 0.286 e. The van der Waals surface area contributed by atoms with Gasteiger partial charge in [-0.15, -0.1) is 4.40 Å². The second-order valence-electron chi connectivity index (χ2n) is 4.26. The monoisotopic (exact) mass is 251 g/mol. The Bertz CT molecular complexity index is 574. The lowest BCUT2D eigenvalue weighted by Crippen LogP contribution is -2.29. The first-order chi connectivity index (χ1) is 8.17. The standard InChI is InChI=1S/C11H13N3O2S/c15-17(16)10-4-2-1-3-9(10)13-11(14-17)8-5-6-12-7-8/h1-4,8,12H,5-7H2,(H,13,14)/t8-/m0/s1. The molecule has 2 aliphatic heterocycles. The summed E-state index contributed by atoms with van der Waals surface area (Å²) < 4.78 is 27.9. The molecule has 1 aromatic carbocycles. The van der Waals surface area contributed by atoms with Crippen LogP contribution < -0.4 is 10.6 Å². The van der Waals surface area contributed by atoms with Crippen molar-refractivity contribution in [2.45, 2.75) is 11.3 Å². The van der Waals surface area contributed by atoms with Crippen molar-refractivity contribution in [2.24, 2.45) is 10.3 Å². The fourth-order valence-electron chi connectivity index (χ4n) is 2.20. The van der Waals surface area contributed by atoms with Crippen LogP contribution in [0.25, 0.3) is 0 Å². The van der Waals surface area contributed by atoms with Gasteiger partial charge in [0, 0.05) is 12.5 Å². The predicted octanol–water partition coefficient (Wildman–Crippen LogP) is 0.809. The summed E-state index contributed by atoms with van der Waals surface area (Å²) in [5, 5.41) is 6.33. The number of hydrogen-bond donors (Lipinski definition) is 2. The molecule has 1 fully saturated rings. The summed E-state index contributed by atoms with van der Waals surface area (Å²) in [7, 11) is -3.53. The molecule has 1 aromatic rings. The highest BCUT2D eigenvalue weighted by molar-refractivity contribution is 7.90. The number of nitrogens with zero attached hydrogens (tertiary/aromatic N) is 1. The van der Waals surface area contributed by atoms with Gasteiger partial charge in [0.05, 0.1) is 5.69 Å². The highest BCUT2D eigenvalue weighted by atomic mass is 32.2. The minimum absolute atomic E-state index is 0.165. The van der Waals surface area contributed by atoms with E-state index < -0.39 is 10.0 Å². The average Bonchev–Trinajstić information content (AvgIpc) is 2.81. The highest BCUT2D eigenvalue weighted by Gasteiger charge is 2.29. The molecule has 0 radical (unpaired) electrons. The molecule has 3 rings (SSSR count). The fraction of sp³-hybridized carbons (Fsp3) is 0.364. The van der Waals surface area contributed by atoms with E-state index in [9.17, 15) is 8.42 Å². The third-order valence-electron chi connectivity index (χ3n) is 3.09. The first kappa shape index (κ1) is 10.7.